The molecule has 0 saturated carbocycles. The van der Waals surface area contributed by atoms with Crippen molar-refractivity contribution in [3.8, 4) is 5.06 Å². The number of thiazole rings is 1. The van der Waals surface area contributed by atoms with E-state index in [0.29, 0.717) is 23.7 Å². The van der Waals surface area contributed by atoms with Gasteiger partial charge in [-0.3, -0.25) is 0 Å². The van der Waals surface area contributed by atoms with Gasteiger partial charge in [-0.1, -0.05) is 11.3 Å². The molecule has 0 amide bonds. The van der Waals surface area contributed by atoms with E-state index in [4.69, 9.17) is 10.8 Å². The van der Waals surface area contributed by atoms with Crippen molar-refractivity contribution in [2.24, 2.45) is 5.73 Å². The predicted molar refractivity (Wildman–Crippen MR) is 36.5 cm³/mol. The molecule has 0 radical (unpaired) electrons. The fourth-order valence-electron chi connectivity index (χ4n) is 0.571. The number of nitrogens with two attached hydrogens (primary N) is 1. The molecule has 0 aromatic carbocycles. The van der Waals surface area contributed by atoms with E-state index in [1.165, 1.54) is 11.3 Å². The van der Waals surface area contributed by atoms with Crippen LogP contribution in [0, 0.1) is 0 Å². The van der Waals surface area contributed by atoms with Crippen molar-refractivity contribution in [2.75, 3.05) is 6.54 Å². The Morgan fingerprint density at radius 1 is 1.78 bits per heavy atom. The van der Waals surface area contributed by atoms with Crippen molar-refractivity contribution in [1.29, 1.82) is 0 Å². The molecule has 0 aliphatic carbocycles. The maximum atomic E-state index is 8.98. The molecule has 4 heteroatoms. The molecular weight excluding hydrogens is 136 g/mol. The van der Waals surface area contributed by atoms with Crippen LogP contribution in [0.25, 0.3) is 0 Å². The van der Waals surface area contributed by atoms with Crippen LogP contribution in [0.2, 0.25) is 0 Å². The highest BCUT2D eigenvalue weighted by Gasteiger charge is 2.00. The lowest BCUT2D eigenvalue weighted by Gasteiger charge is -1.89. The quantitative estimate of drug-likeness (QED) is 0.629. The van der Waals surface area contributed by atoms with Crippen molar-refractivity contribution in [3.63, 3.8) is 0 Å². The van der Waals surface area contributed by atoms with Crippen molar-refractivity contribution < 1.29 is 5.11 Å². The van der Waals surface area contributed by atoms with E-state index < -0.39 is 0 Å². The van der Waals surface area contributed by atoms with Gasteiger partial charge < -0.3 is 10.8 Å². The molecule has 50 valence electrons. The Labute approximate surface area is 57.2 Å². The second-order valence-electron chi connectivity index (χ2n) is 1.64. The highest BCUT2D eigenvalue weighted by atomic mass is 32.1. The number of aromatic hydroxyl groups is 1. The van der Waals surface area contributed by atoms with Crippen LogP contribution in [-0.2, 0) is 6.42 Å². The molecule has 0 atom stereocenters. The molecule has 3 nitrogen and oxygen atoms in total. The van der Waals surface area contributed by atoms with Crippen molar-refractivity contribution >= 4 is 11.3 Å². The fraction of sp³-hybridized carbons (Fsp3) is 0.400. The monoisotopic (exact) mass is 144 g/mol. The minimum absolute atomic E-state index is 0.292. The van der Waals surface area contributed by atoms with E-state index in [1.54, 1.807) is 5.51 Å². The Hall–Kier alpha value is -0.610. The molecule has 0 bridgehead atoms. The second-order valence-corrected chi connectivity index (χ2v) is 2.48. The summed E-state index contributed by atoms with van der Waals surface area (Å²) in [6, 6.07) is 0. The van der Waals surface area contributed by atoms with Gasteiger partial charge >= 0.3 is 0 Å². The highest BCUT2D eigenvalue weighted by molar-refractivity contribution is 7.11. The first kappa shape index (κ1) is 6.51. The topological polar surface area (TPSA) is 59.1 Å². The summed E-state index contributed by atoms with van der Waals surface area (Å²) in [7, 11) is 0. The Morgan fingerprint density at radius 2 is 2.56 bits per heavy atom. The largest absolute Gasteiger partial charge is 0.498 e. The van der Waals surface area contributed by atoms with Crippen molar-refractivity contribution in [2.45, 2.75) is 6.42 Å². The fourth-order valence-corrected chi connectivity index (χ4v) is 1.14. The van der Waals surface area contributed by atoms with E-state index in [0.717, 1.165) is 0 Å². The van der Waals surface area contributed by atoms with Crippen LogP contribution in [0.1, 0.15) is 5.69 Å². The van der Waals surface area contributed by atoms with E-state index >= 15 is 0 Å². The zero-order valence-corrected chi connectivity index (χ0v) is 5.69. The number of aromatic nitrogens is 1. The Kier molecular flexibility index (Phi) is 2.02. The van der Waals surface area contributed by atoms with Gasteiger partial charge in [-0.15, -0.1) is 0 Å². The zero-order chi connectivity index (χ0) is 6.69. The molecular formula is C5H8N2OS. The van der Waals surface area contributed by atoms with Crippen LogP contribution in [0.15, 0.2) is 5.51 Å². The van der Waals surface area contributed by atoms with Gasteiger partial charge in [0, 0.05) is 6.42 Å². The van der Waals surface area contributed by atoms with Crippen LogP contribution >= 0.6 is 11.3 Å². The van der Waals surface area contributed by atoms with Crippen LogP contribution in [0.4, 0.5) is 0 Å². The average molecular weight is 144 g/mol. The van der Waals surface area contributed by atoms with Gasteiger partial charge in [0.1, 0.15) is 0 Å². The second kappa shape index (κ2) is 2.80. The highest BCUT2D eigenvalue weighted by Crippen LogP contribution is 2.20. The molecule has 0 unspecified atom stereocenters. The lowest BCUT2D eigenvalue weighted by Crippen LogP contribution is -2.02. The Balaban J connectivity index is 2.69. The van der Waals surface area contributed by atoms with E-state index in [1.807, 2.05) is 0 Å². The van der Waals surface area contributed by atoms with Crippen molar-refractivity contribution in [3.05, 3.63) is 11.2 Å². The summed E-state index contributed by atoms with van der Waals surface area (Å²) in [6.45, 7) is 0.539. The molecule has 1 aromatic rings. The number of rotatable bonds is 2. The van der Waals surface area contributed by atoms with E-state index in [2.05, 4.69) is 4.98 Å². The van der Waals surface area contributed by atoms with E-state index in [9.17, 15) is 0 Å². The zero-order valence-electron chi connectivity index (χ0n) is 4.87. The molecule has 1 heterocycles. The minimum atomic E-state index is 0.292. The third-order valence-corrected chi connectivity index (χ3v) is 1.67. The first-order valence-corrected chi connectivity index (χ1v) is 3.54. The van der Waals surface area contributed by atoms with Gasteiger partial charge in [0.2, 0.25) is 0 Å². The lowest BCUT2D eigenvalue weighted by molar-refractivity contribution is 0.481. The van der Waals surface area contributed by atoms with Gasteiger partial charge in [-0.2, -0.15) is 0 Å². The molecule has 0 saturated heterocycles. The number of hydrogen-bond donors (Lipinski definition) is 2. The number of nitrogens with zero attached hydrogens (tertiary/aromatic N) is 1. The minimum Gasteiger partial charge on any atom is -0.498 e. The van der Waals surface area contributed by atoms with Gasteiger partial charge in [0.25, 0.3) is 0 Å². The SMILES string of the molecule is NCCc1ncsc1O. The summed E-state index contributed by atoms with van der Waals surface area (Å²) >= 11 is 1.23. The summed E-state index contributed by atoms with van der Waals surface area (Å²) < 4.78 is 0. The van der Waals surface area contributed by atoms with Crippen LogP contribution in [0.3, 0.4) is 0 Å². The first-order valence-electron chi connectivity index (χ1n) is 2.66. The molecule has 1 rings (SSSR count). The maximum Gasteiger partial charge on any atom is 0.194 e. The molecule has 1 aromatic heterocycles. The molecule has 9 heavy (non-hydrogen) atoms. The van der Waals surface area contributed by atoms with Crippen molar-refractivity contribution in [1.82, 2.24) is 4.98 Å². The van der Waals surface area contributed by atoms with Crippen LogP contribution < -0.4 is 5.73 Å². The van der Waals surface area contributed by atoms with Crippen LogP contribution in [0.5, 0.6) is 5.06 Å². The van der Waals surface area contributed by atoms with E-state index in [-0.39, 0.29) is 0 Å². The summed E-state index contributed by atoms with van der Waals surface area (Å²) in [5.41, 5.74) is 7.56. The Morgan fingerprint density at radius 3 is 3.00 bits per heavy atom. The maximum absolute atomic E-state index is 8.98. The smallest absolute Gasteiger partial charge is 0.194 e. The summed E-state index contributed by atoms with van der Waals surface area (Å²) in [5, 5.41) is 9.27. The predicted octanol–water partition coefficient (Wildman–Crippen LogP) is 0.350. The van der Waals surface area contributed by atoms with Gasteiger partial charge in [0.15, 0.2) is 5.06 Å². The third-order valence-electron chi connectivity index (χ3n) is 1.00. The Bertz CT molecular complexity index is 187. The summed E-state index contributed by atoms with van der Waals surface area (Å²) in [4.78, 5) is 3.89. The molecule has 0 aliphatic rings. The van der Waals surface area contributed by atoms with Gasteiger partial charge in [-0.05, 0) is 6.54 Å². The van der Waals surface area contributed by atoms with Crippen LogP contribution in [-0.4, -0.2) is 16.6 Å². The summed E-state index contributed by atoms with van der Waals surface area (Å²) in [6.07, 6.45) is 0.662. The molecule has 0 aliphatic heterocycles. The molecule has 0 spiro atoms. The standard InChI is InChI=1S/C5H8N2OS/c6-2-1-4-5(8)9-3-7-4/h3,8H,1-2,6H2. The average Bonchev–Trinajstić information content (AvgIpc) is 2.18. The lowest BCUT2D eigenvalue weighted by atomic mass is 10.3. The normalized spacial score (nSPS) is 9.89. The first-order chi connectivity index (χ1) is 4.34. The summed E-state index contributed by atoms with van der Waals surface area (Å²) in [5.74, 6) is 0. The molecule has 0 fully saturated rings. The van der Waals surface area contributed by atoms with Gasteiger partial charge in [-0.25, -0.2) is 4.98 Å². The third kappa shape index (κ3) is 1.40. The molecule has 3 N–H and O–H groups in total. The van der Waals surface area contributed by atoms with Gasteiger partial charge in [0.05, 0.1) is 11.2 Å². The number of hydrogen-bond acceptors (Lipinski definition) is 4.